The van der Waals surface area contributed by atoms with Gasteiger partial charge in [0.05, 0.1) is 18.0 Å². The largest absolute Gasteiger partial charge is 0.461 e. The van der Waals surface area contributed by atoms with Gasteiger partial charge in [0.2, 0.25) is 0 Å². The zero-order valence-electron chi connectivity index (χ0n) is 13.6. The van der Waals surface area contributed by atoms with Crippen LogP contribution in [-0.4, -0.2) is 29.1 Å². The Hall–Kier alpha value is -2.48. The van der Waals surface area contributed by atoms with Crippen molar-refractivity contribution >= 4 is 40.4 Å². The topological polar surface area (TPSA) is 101 Å². The number of nitrogens with zero attached hydrogens (tertiary/aromatic N) is 2. The number of nitrogens with one attached hydrogen (secondary N) is 2. The van der Waals surface area contributed by atoms with Crippen molar-refractivity contribution in [1.29, 1.82) is 0 Å². The number of benzene rings is 1. The summed E-state index contributed by atoms with van der Waals surface area (Å²) in [6, 6.07) is 5.77. The van der Waals surface area contributed by atoms with Crippen molar-refractivity contribution in [3.63, 3.8) is 0 Å². The Morgan fingerprint density at radius 1 is 1.35 bits per heavy atom. The third kappa shape index (κ3) is 5.67. The van der Waals surface area contributed by atoms with Crippen LogP contribution in [0.3, 0.4) is 0 Å². The fourth-order valence-corrected chi connectivity index (χ4v) is 1.70. The molecule has 7 nitrogen and oxygen atoms in total. The summed E-state index contributed by atoms with van der Waals surface area (Å²) in [6.07, 6.45) is 0. The van der Waals surface area contributed by atoms with Gasteiger partial charge in [0.1, 0.15) is 0 Å². The highest BCUT2D eigenvalue weighted by Gasteiger charge is 2.17. The van der Waals surface area contributed by atoms with E-state index in [2.05, 4.69) is 33.3 Å². The van der Waals surface area contributed by atoms with Crippen LogP contribution in [0.4, 0.5) is 5.69 Å². The predicted octanol–water partition coefficient (Wildman–Crippen LogP) is 1.84. The average Bonchev–Trinajstić information content (AvgIpc) is 2.49. The maximum atomic E-state index is 12.0. The molecule has 0 saturated carbocycles. The highest BCUT2D eigenvalue weighted by atomic mass is 32.1. The number of hydrogen-bond acceptors (Lipinski definition) is 6. The maximum absolute atomic E-state index is 12.0. The predicted molar refractivity (Wildman–Crippen MR) is 96.6 cm³/mol. The number of carbonyl (C=O) groups excluding carboxylic acids is 1. The summed E-state index contributed by atoms with van der Waals surface area (Å²) >= 11 is 4.68. The normalized spacial score (nSPS) is 11.8. The zero-order valence-corrected chi connectivity index (χ0v) is 14.5. The van der Waals surface area contributed by atoms with Crippen LogP contribution in [0.15, 0.2) is 28.4 Å². The van der Waals surface area contributed by atoms with Crippen LogP contribution >= 0.6 is 12.2 Å². The first-order valence-corrected chi connectivity index (χ1v) is 7.44. The lowest BCUT2D eigenvalue weighted by Crippen LogP contribution is -2.30. The van der Waals surface area contributed by atoms with Crippen molar-refractivity contribution in [3.05, 3.63) is 29.3 Å². The highest BCUT2D eigenvalue weighted by Crippen LogP contribution is 2.17. The summed E-state index contributed by atoms with van der Waals surface area (Å²) < 4.78 is 4.99. The molecule has 0 aliphatic carbocycles. The van der Waals surface area contributed by atoms with Gasteiger partial charge in [-0.1, -0.05) is 12.1 Å². The number of nitrogens with two attached hydrogens (primary N) is 1. The number of carbonyl (C=O) groups is 1. The Balaban J connectivity index is 3.08. The van der Waals surface area contributed by atoms with E-state index in [0.29, 0.717) is 5.71 Å². The lowest BCUT2D eigenvalue weighted by atomic mass is 10.1. The minimum absolute atomic E-state index is 0.00459. The molecule has 0 saturated heterocycles. The summed E-state index contributed by atoms with van der Waals surface area (Å²) in [4.78, 5) is 12.0. The first kappa shape index (κ1) is 18.6. The van der Waals surface area contributed by atoms with Crippen molar-refractivity contribution in [2.45, 2.75) is 27.7 Å². The molecular weight excluding hydrogens is 314 g/mol. The second-order valence-electron chi connectivity index (χ2n) is 4.71. The van der Waals surface area contributed by atoms with Crippen LogP contribution in [0.25, 0.3) is 0 Å². The molecule has 23 heavy (non-hydrogen) atoms. The molecule has 0 spiro atoms. The highest BCUT2D eigenvalue weighted by molar-refractivity contribution is 7.80. The molecule has 0 aliphatic rings. The summed E-state index contributed by atoms with van der Waals surface area (Å²) in [5.41, 5.74) is 13.9. The molecule has 1 rings (SSSR count). The van der Waals surface area contributed by atoms with Gasteiger partial charge in [-0.25, -0.2) is 4.79 Å². The standard InChI is InChI=1S/C15H21N5O2S/c1-5-22-14(21)13(11(4)17-20-15(16)23)19-18-12-8-6-7-9(2)10(12)3/h6-8,18H,5H2,1-4H3,(H3,16,20,23)/b17-11+,19-13+. The molecule has 4 N–H and O–H groups in total. The number of hydrazone groups is 2. The first-order valence-electron chi connectivity index (χ1n) is 7.04. The van der Waals surface area contributed by atoms with Crippen LogP contribution in [-0.2, 0) is 9.53 Å². The van der Waals surface area contributed by atoms with Crippen molar-refractivity contribution in [2.24, 2.45) is 15.9 Å². The van der Waals surface area contributed by atoms with Crippen molar-refractivity contribution in [1.82, 2.24) is 5.43 Å². The van der Waals surface area contributed by atoms with Crippen LogP contribution in [0, 0.1) is 13.8 Å². The Kier molecular flexibility index (Phi) is 7.14. The minimum atomic E-state index is -0.587. The van der Waals surface area contributed by atoms with E-state index in [0.717, 1.165) is 16.8 Å². The molecule has 0 atom stereocenters. The van der Waals surface area contributed by atoms with E-state index in [1.54, 1.807) is 13.8 Å². The Morgan fingerprint density at radius 3 is 2.65 bits per heavy atom. The zero-order chi connectivity index (χ0) is 17.4. The lowest BCUT2D eigenvalue weighted by Gasteiger charge is -2.10. The van der Waals surface area contributed by atoms with E-state index in [1.165, 1.54) is 0 Å². The smallest absolute Gasteiger partial charge is 0.360 e. The number of esters is 1. The van der Waals surface area contributed by atoms with E-state index >= 15 is 0 Å². The fourth-order valence-electron chi connectivity index (χ4n) is 1.65. The molecule has 124 valence electrons. The monoisotopic (exact) mass is 335 g/mol. The third-order valence-electron chi connectivity index (χ3n) is 3.04. The summed E-state index contributed by atoms with van der Waals surface area (Å²) in [5.74, 6) is -0.587. The van der Waals surface area contributed by atoms with Gasteiger partial charge in [-0.3, -0.25) is 10.9 Å². The van der Waals surface area contributed by atoms with Gasteiger partial charge in [0.15, 0.2) is 10.8 Å². The molecule has 0 heterocycles. The number of hydrogen-bond donors (Lipinski definition) is 3. The van der Waals surface area contributed by atoms with E-state index in [4.69, 9.17) is 10.5 Å². The molecule has 8 heteroatoms. The second kappa shape index (κ2) is 8.84. The number of ether oxygens (including phenoxy) is 1. The Bertz CT molecular complexity index is 655. The Morgan fingerprint density at radius 2 is 2.04 bits per heavy atom. The van der Waals surface area contributed by atoms with E-state index < -0.39 is 5.97 Å². The summed E-state index contributed by atoms with van der Waals surface area (Å²) in [7, 11) is 0. The van der Waals surface area contributed by atoms with Gasteiger partial charge >= 0.3 is 5.97 Å². The average molecular weight is 335 g/mol. The third-order valence-corrected chi connectivity index (χ3v) is 3.13. The van der Waals surface area contributed by atoms with E-state index in [1.807, 2.05) is 32.0 Å². The quantitative estimate of drug-likeness (QED) is 0.317. The second-order valence-corrected chi connectivity index (χ2v) is 5.15. The lowest BCUT2D eigenvalue weighted by molar-refractivity contribution is -0.134. The molecule has 0 amide bonds. The van der Waals surface area contributed by atoms with Gasteiger partial charge in [-0.15, -0.1) is 0 Å². The minimum Gasteiger partial charge on any atom is -0.461 e. The van der Waals surface area contributed by atoms with Gasteiger partial charge < -0.3 is 10.5 Å². The van der Waals surface area contributed by atoms with Gasteiger partial charge in [0.25, 0.3) is 0 Å². The number of aryl methyl sites for hydroxylation is 1. The molecule has 0 unspecified atom stereocenters. The van der Waals surface area contributed by atoms with Crippen LogP contribution in [0.2, 0.25) is 0 Å². The molecule has 0 radical (unpaired) electrons. The molecule has 1 aromatic carbocycles. The van der Waals surface area contributed by atoms with Gasteiger partial charge in [-0.05, 0) is 57.1 Å². The maximum Gasteiger partial charge on any atom is 0.360 e. The number of anilines is 1. The molecule has 1 aromatic rings. The van der Waals surface area contributed by atoms with Crippen molar-refractivity contribution < 1.29 is 9.53 Å². The molecule has 0 bridgehead atoms. The van der Waals surface area contributed by atoms with Crippen LogP contribution in [0.1, 0.15) is 25.0 Å². The Labute approximate surface area is 141 Å². The van der Waals surface area contributed by atoms with Crippen LogP contribution < -0.4 is 16.6 Å². The SMILES string of the molecule is CCOC(=O)C(=N/Nc1cccc(C)c1C)/C(C)=N/NC(N)=S. The molecule has 0 aliphatic heterocycles. The number of rotatable bonds is 6. The van der Waals surface area contributed by atoms with Crippen LogP contribution in [0.5, 0.6) is 0 Å². The summed E-state index contributed by atoms with van der Waals surface area (Å²) in [5, 5.41) is 8.03. The van der Waals surface area contributed by atoms with E-state index in [9.17, 15) is 4.79 Å². The van der Waals surface area contributed by atoms with E-state index in [-0.39, 0.29) is 17.4 Å². The molecule has 0 aromatic heterocycles. The molecular formula is C15H21N5O2S. The number of thiocarbonyl (C=S) groups is 1. The fraction of sp³-hybridized carbons (Fsp3) is 0.333. The van der Waals surface area contributed by atoms with Gasteiger partial charge in [0, 0.05) is 0 Å². The van der Waals surface area contributed by atoms with Gasteiger partial charge in [-0.2, -0.15) is 10.2 Å². The molecule has 0 fully saturated rings. The first-order chi connectivity index (χ1) is 10.9. The van der Waals surface area contributed by atoms with Crippen molar-refractivity contribution in [2.75, 3.05) is 12.0 Å². The van der Waals surface area contributed by atoms with Crippen molar-refractivity contribution in [3.8, 4) is 0 Å². The summed E-state index contributed by atoms with van der Waals surface area (Å²) in [6.45, 7) is 7.51.